The van der Waals surface area contributed by atoms with Crippen LogP contribution in [0.25, 0.3) is 0 Å². The third-order valence-electron chi connectivity index (χ3n) is 9.12. The summed E-state index contributed by atoms with van der Waals surface area (Å²) in [7, 11) is 0. The van der Waals surface area contributed by atoms with E-state index in [1.165, 1.54) is 23.9 Å². The molecule has 3 aromatic rings. The molecule has 8 heteroatoms. The summed E-state index contributed by atoms with van der Waals surface area (Å²) in [6.07, 6.45) is 2.87. The van der Waals surface area contributed by atoms with Crippen molar-refractivity contribution in [1.29, 1.82) is 0 Å². The van der Waals surface area contributed by atoms with Crippen molar-refractivity contribution in [2.45, 2.75) is 70.4 Å². The summed E-state index contributed by atoms with van der Waals surface area (Å²) < 4.78 is 29.6. The van der Waals surface area contributed by atoms with E-state index in [0.717, 1.165) is 68.9 Å². The van der Waals surface area contributed by atoms with Gasteiger partial charge in [0.15, 0.2) is 0 Å². The molecule has 0 radical (unpaired) electrons. The van der Waals surface area contributed by atoms with E-state index in [1.54, 1.807) is 12.1 Å². The van der Waals surface area contributed by atoms with Crippen molar-refractivity contribution in [1.82, 2.24) is 19.6 Å². The van der Waals surface area contributed by atoms with Crippen molar-refractivity contribution >= 4 is 5.97 Å². The van der Waals surface area contributed by atoms with Gasteiger partial charge in [0.1, 0.15) is 11.6 Å². The van der Waals surface area contributed by atoms with E-state index in [4.69, 9.17) is 5.10 Å². The van der Waals surface area contributed by atoms with Gasteiger partial charge in [0.25, 0.3) is 0 Å². The van der Waals surface area contributed by atoms with Crippen LogP contribution in [0.4, 0.5) is 8.78 Å². The highest BCUT2D eigenvalue weighted by Gasteiger charge is 2.42. The van der Waals surface area contributed by atoms with Gasteiger partial charge in [-0.2, -0.15) is 5.10 Å². The Morgan fingerprint density at radius 3 is 2.41 bits per heavy atom. The molecule has 220 valence electrons. The van der Waals surface area contributed by atoms with Gasteiger partial charge in [-0.05, 0) is 94.1 Å². The zero-order chi connectivity index (χ0) is 29.1. The van der Waals surface area contributed by atoms with Crippen molar-refractivity contribution in [3.8, 4) is 0 Å². The lowest BCUT2D eigenvalue weighted by Crippen LogP contribution is -2.45. The lowest BCUT2D eigenvalue weighted by molar-refractivity contribution is -0.139. The fourth-order valence-corrected chi connectivity index (χ4v) is 6.86. The highest BCUT2D eigenvalue weighted by Crippen LogP contribution is 2.39. The maximum absolute atomic E-state index is 14.2. The van der Waals surface area contributed by atoms with Crippen LogP contribution in [-0.4, -0.2) is 68.9 Å². The quantitative estimate of drug-likeness (QED) is 0.331. The van der Waals surface area contributed by atoms with Crippen LogP contribution in [0.15, 0.2) is 54.6 Å². The van der Waals surface area contributed by atoms with Crippen LogP contribution in [0.2, 0.25) is 0 Å². The Hall–Kier alpha value is -3.10. The van der Waals surface area contributed by atoms with Gasteiger partial charge in [-0.15, -0.1) is 0 Å². The van der Waals surface area contributed by atoms with Crippen LogP contribution in [0.3, 0.4) is 0 Å². The molecule has 0 spiro atoms. The third kappa shape index (κ3) is 7.04. The number of piperidine rings is 1. The largest absolute Gasteiger partial charge is 0.481 e. The molecule has 2 aromatic carbocycles. The van der Waals surface area contributed by atoms with Crippen LogP contribution in [-0.2, 0) is 17.8 Å². The smallest absolute Gasteiger partial charge is 0.305 e. The normalized spacial score (nSPS) is 21.0. The van der Waals surface area contributed by atoms with Gasteiger partial charge in [-0.25, -0.2) is 8.78 Å². The molecule has 1 aromatic heterocycles. The zero-order valence-corrected chi connectivity index (χ0v) is 24.4. The van der Waals surface area contributed by atoms with Gasteiger partial charge in [-0.1, -0.05) is 24.3 Å². The SMILES string of the molecule is CCn1nc(Cc2ccc(F)cc2)cc1C1CCN(C[C@H]2CN(C(C)(C)CC(=O)O)C[C@@H]2c2cccc(F)c2)CC1. The predicted molar refractivity (Wildman–Crippen MR) is 156 cm³/mol. The van der Waals surface area contributed by atoms with Gasteiger partial charge in [-0.3, -0.25) is 14.4 Å². The van der Waals surface area contributed by atoms with E-state index in [2.05, 4.69) is 27.5 Å². The second-order valence-electron chi connectivity index (χ2n) is 12.5. The first-order valence-corrected chi connectivity index (χ1v) is 14.9. The lowest BCUT2D eigenvalue weighted by atomic mass is 9.87. The summed E-state index contributed by atoms with van der Waals surface area (Å²) in [6, 6.07) is 15.8. The van der Waals surface area contributed by atoms with E-state index in [-0.39, 0.29) is 24.0 Å². The van der Waals surface area contributed by atoms with Crippen LogP contribution < -0.4 is 0 Å². The minimum Gasteiger partial charge on any atom is -0.481 e. The number of aromatic nitrogens is 2. The van der Waals surface area contributed by atoms with Gasteiger partial charge >= 0.3 is 5.97 Å². The first-order valence-electron chi connectivity index (χ1n) is 14.9. The number of carbonyl (C=O) groups is 1. The number of hydrogen-bond donors (Lipinski definition) is 1. The second-order valence-corrected chi connectivity index (χ2v) is 12.5. The average molecular weight is 565 g/mol. The van der Waals surface area contributed by atoms with Crippen LogP contribution in [0.5, 0.6) is 0 Å². The number of carboxylic acid groups (broad SMARTS) is 1. The molecule has 3 heterocycles. The number of carboxylic acids is 1. The molecule has 2 fully saturated rings. The number of hydrogen-bond acceptors (Lipinski definition) is 4. The monoisotopic (exact) mass is 564 g/mol. The number of benzene rings is 2. The van der Waals surface area contributed by atoms with Crippen LogP contribution in [0.1, 0.15) is 74.4 Å². The summed E-state index contributed by atoms with van der Waals surface area (Å²) in [4.78, 5) is 16.4. The summed E-state index contributed by atoms with van der Waals surface area (Å²) >= 11 is 0. The Labute approximate surface area is 242 Å². The standard InChI is InChI=1S/C33H42F2N4O2/c1-4-39-31(18-29(36-39)16-23-8-10-27(34)11-9-23)24-12-14-37(15-13-24)20-26-21-38(33(2,3)19-32(40)41)22-30(26)25-6-5-7-28(35)17-25/h5-11,17-18,24,26,30H,4,12-16,19-22H2,1-3H3,(H,40,41)/t26-,30+/m0/s1. The molecule has 1 N–H and O–H groups in total. The molecule has 0 amide bonds. The maximum Gasteiger partial charge on any atom is 0.305 e. The third-order valence-corrected chi connectivity index (χ3v) is 9.12. The number of likely N-dealkylation sites (tertiary alicyclic amines) is 2. The van der Waals surface area contributed by atoms with Gasteiger partial charge in [0.05, 0.1) is 12.1 Å². The van der Waals surface area contributed by atoms with Crippen molar-refractivity contribution in [2.24, 2.45) is 5.92 Å². The number of nitrogens with zero attached hydrogens (tertiary/aromatic N) is 4. The fraction of sp³-hybridized carbons (Fsp3) is 0.515. The van der Waals surface area contributed by atoms with E-state index in [1.807, 2.05) is 32.0 Å². The number of aliphatic carboxylic acids is 1. The Morgan fingerprint density at radius 2 is 1.76 bits per heavy atom. The Kier molecular flexibility index (Phi) is 8.90. The van der Waals surface area contributed by atoms with E-state index in [0.29, 0.717) is 18.3 Å². The van der Waals surface area contributed by atoms with Crippen molar-refractivity contribution in [3.63, 3.8) is 0 Å². The van der Waals surface area contributed by atoms with Crippen molar-refractivity contribution in [2.75, 3.05) is 32.7 Å². The molecule has 0 unspecified atom stereocenters. The fourth-order valence-electron chi connectivity index (χ4n) is 6.86. The molecule has 0 bridgehead atoms. The molecule has 2 atom stereocenters. The topological polar surface area (TPSA) is 61.6 Å². The molecule has 0 saturated carbocycles. The first-order chi connectivity index (χ1) is 19.6. The van der Waals surface area contributed by atoms with E-state index < -0.39 is 11.5 Å². The van der Waals surface area contributed by atoms with E-state index >= 15 is 0 Å². The summed E-state index contributed by atoms with van der Waals surface area (Å²) in [5.41, 5.74) is 3.88. The van der Waals surface area contributed by atoms with Gasteiger partial charge in [0, 0.05) is 55.7 Å². The summed E-state index contributed by atoms with van der Waals surface area (Å²) in [5.74, 6) is -0.352. The van der Waals surface area contributed by atoms with Crippen molar-refractivity contribution < 1.29 is 18.7 Å². The van der Waals surface area contributed by atoms with Gasteiger partial charge in [0.2, 0.25) is 0 Å². The number of rotatable bonds is 10. The van der Waals surface area contributed by atoms with E-state index in [9.17, 15) is 18.7 Å². The average Bonchev–Trinajstić information content (AvgIpc) is 3.54. The number of aryl methyl sites for hydroxylation is 1. The summed E-state index contributed by atoms with van der Waals surface area (Å²) in [5, 5.41) is 14.4. The second kappa shape index (κ2) is 12.4. The van der Waals surface area contributed by atoms with Crippen molar-refractivity contribution in [3.05, 3.63) is 88.7 Å². The Morgan fingerprint density at radius 1 is 1.02 bits per heavy atom. The zero-order valence-electron chi connectivity index (χ0n) is 24.4. The lowest BCUT2D eigenvalue weighted by Gasteiger charge is -2.36. The minimum atomic E-state index is -0.796. The maximum atomic E-state index is 14.2. The molecule has 2 saturated heterocycles. The summed E-state index contributed by atoms with van der Waals surface area (Å²) in [6.45, 7) is 11.4. The predicted octanol–water partition coefficient (Wildman–Crippen LogP) is 5.92. The van der Waals surface area contributed by atoms with Crippen LogP contribution in [0, 0.1) is 17.6 Å². The molecule has 2 aliphatic rings. The van der Waals surface area contributed by atoms with Crippen LogP contribution >= 0.6 is 0 Å². The highest BCUT2D eigenvalue weighted by molar-refractivity contribution is 5.68. The highest BCUT2D eigenvalue weighted by atomic mass is 19.1. The molecule has 6 nitrogen and oxygen atoms in total. The molecule has 5 rings (SSSR count). The Balaban J connectivity index is 1.25. The Bertz CT molecular complexity index is 1330. The molecule has 2 aliphatic heterocycles. The molecule has 0 aliphatic carbocycles. The molecule has 41 heavy (non-hydrogen) atoms. The van der Waals surface area contributed by atoms with Gasteiger partial charge < -0.3 is 10.0 Å². The minimum absolute atomic E-state index is 0.0786. The molecular formula is C33H42F2N4O2. The molecular weight excluding hydrogens is 522 g/mol. The number of halogens is 2. The first kappa shape index (κ1) is 29.4.